The third-order valence-corrected chi connectivity index (χ3v) is 3.30. The molecular formula is C11H23N. The van der Waals surface area contributed by atoms with Gasteiger partial charge in [0.25, 0.3) is 0 Å². The number of hydrogen-bond acceptors (Lipinski definition) is 1. The molecule has 0 aromatic carbocycles. The molecule has 0 saturated heterocycles. The fourth-order valence-electron chi connectivity index (χ4n) is 2.31. The summed E-state index contributed by atoms with van der Waals surface area (Å²) in [6.07, 6.45) is 8.79. The van der Waals surface area contributed by atoms with E-state index in [2.05, 4.69) is 12.2 Å². The highest BCUT2D eigenvalue weighted by atomic mass is 14.8. The van der Waals surface area contributed by atoms with Crippen molar-refractivity contribution in [2.45, 2.75) is 45.4 Å². The highest BCUT2D eigenvalue weighted by Gasteiger charge is 2.18. The Kier molecular flexibility index (Phi) is 4.67. The zero-order valence-corrected chi connectivity index (χ0v) is 8.60. The Bertz CT molecular complexity index is 106. The summed E-state index contributed by atoms with van der Waals surface area (Å²) in [5.41, 5.74) is 0. The average molecular weight is 169 g/mol. The van der Waals surface area contributed by atoms with E-state index in [9.17, 15) is 0 Å². The lowest BCUT2D eigenvalue weighted by atomic mass is 9.79. The monoisotopic (exact) mass is 169 g/mol. The molecule has 1 atom stereocenters. The molecule has 0 spiro atoms. The molecule has 1 unspecified atom stereocenters. The predicted molar refractivity (Wildman–Crippen MR) is 54.3 cm³/mol. The van der Waals surface area contributed by atoms with E-state index in [0.29, 0.717) is 0 Å². The van der Waals surface area contributed by atoms with Gasteiger partial charge in [-0.15, -0.1) is 0 Å². The molecule has 0 bridgehead atoms. The fraction of sp³-hybridized carbons (Fsp3) is 1.00. The van der Waals surface area contributed by atoms with Crippen LogP contribution in [0.2, 0.25) is 0 Å². The number of rotatable bonds is 4. The van der Waals surface area contributed by atoms with Crippen LogP contribution in [0.25, 0.3) is 0 Å². The summed E-state index contributed by atoms with van der Waals surface area (Å²) in [7, 11) is 2.05. The first kappa shape index (κ1) is 10.0. The third kappa shape index (κ3) is 3.14. The summed E-state index contributed by atoms with van der Waals surface area (Å²) in [6, 6.07) is 0. The van der Waals surface area contributed by atoms with Crippen LogP contribution in [0.15, 0.2) is 0 Å². The predicted octanol–water partition coefficient (Wildman–Crippen LogP) is 2.81. The maximum Gasteiger partial charge on any atom is -0.00493 e. The molecule has 1 aliphatic carbocycles. The second-order valence-electron chi connectivity index (χ2n) is 4.27. The average Bonchev–Trinajstić information content (AvgIpc) is 2.15. The molecule has 1 fully saturated rings. The molecular weight excluding hydrogens is 146 g/mol. The summed E-state index contributed by atoms with van der Waals surface area (Å²) in [5, 5.41) is 3.24. The first-order valence-corrected chi connectivity index (χ1v) is 5.49. The van der Waals surface area contributed by atoms with Crippen LogP contribution >= 0.6 is 0 Å². The van der Waals surface area contributed by atoms with Gasteiger partial charge in [-0.1, -0.05) is 39.0 Å². The maximum atomic E-state index is 3.24. The van der Waals surface area contributed by atoms with Crippen LogP contribution in [0.5, 0.6) is 0 Å². The molecule has 0 radical (unpaired) electrons. The van der Waals surface area contributed by atoms with Crippen LogP contribution in [-0.2, 0) is 0 Å². The first-order chi connectivity index (χ1) is 5.84. The molecule has 0 amide bonds. The van der Waals surface area contributed by atoms with E-state index < -0.39 is 0 Å². The maximum absolute atomic E-state index is 3.24. The van der Waals surface area contributed by atoms with Crippen LogP contribution < -0.4 is 5.32 Å². The third-order valence-electron chi connectivity index (χ3n) is 3.30. The Labute approximate surface area is 76.9 Å². The standard InChI is InChI=1S/C11H23N/c1-10(8-9-12-2)11-6-4-3-5-7-11/h10-12H,3-9H2,1-2H3. The molecule has 1 aliphatic rings. The van der Waals surface area contributed by atoms with Gasteiger partial charge in [0, 0.05) is 0 Å². The highest BCUT2D eigenvalue weighted by Crippen LogP contribution is 2.31. The molecule has 1 saturated carbocycles. The molecule has 12 heavy (non-hydrogen) atoms. The highest BCUT2D eigenvalue weighted by molar-refractivity contribution is 4.71. The molecule has 0 aromatic heterocycles. The Morgan fingerprint density at radius 2 is 1.92 bits per heavy atom. The Balaban J connectivity index is 2.15. The second-order valence-corrected chi connectivity index (χ2v) is 4.27. The molecule has 1 rings (SSSR count). The molecule has 0 heterocycles. The lowest BCUT2D eigenvalue weighted by Crippen LogP contribution is -2.19. The van der Waals surface area contributed by atoms with Gasteiger partial charge in [0.15, 0.2) is 0 Å². The van der Waals surface area contributed by atoms with Gasteiger partial charge in [-0.25, -0.2) is 0 Å². The lowest BCUT2D eigenvalue weighted by Gasteiger charge is -2.27. The van der Waals surface area contributed by atoms with Gasteiger partial charge in [-0.3, -0.25) is 0 Å². The van der Waals surface area contributed by atoms with Gasteiger partial charge >= 0.3 is 0 Å². The number of nitrogens with one attached hydrogen (secondary N) is 1. The van der Waals surface area contributed by atoms with E-state index in [1.54, 1.807) is 0 Å². The normalized spacial score (nSPS) is 22.5. The molecule has 0 aliphatic heterocycles. The minimum Gasteiger partial charge on any atom is -0.320 e. The van der Waals surface area contributed by atoms with Gasteiger partial charge in [0.2, 0.25) is 0 Å². The van der Waals surface area contributed by atoms with Crippen LogP contribution in [-0.4, -0.2) is 13.6 Å². The fourth-order valence-corrected chi connectivity index (χ4v) is 2.31. The SMILES string of the molecule is CNCCC(C)C1CCCCC1. The van der Waals surface area contributed by atoms with Crippen LogP contribution in [0, 0.1) is 11.8 Å². The minimum absolute atomic E-state index is 0.942. The van der Waals surface area contributed by atoms with Gasteiger partial charge in [0.1, 0.15) is 0 Å². The van der Waals surface area contributed by atoms with E-state index >= 15 is 0 Å². The lowest BCUT2D eigenvalue weighted by molar-refractivity contribution is 0.252. The van der Waals surface area contributed by atoms with Gasteiger partial charge in [-0.05, 0) is 31.8 Å². The topological polar surface area (TPSA) is 12.0 Å². The summed E-state index contributed by atoms with van der Waals surface area (Å²) < 4.78 is 0. The van der Waals surface area contributed by atoms with E-state index in [1.165, 1.54) is 45.1 Å². The minimum atomic E-state index is 0.942. The van der Waals surface area contributed by atoms with Crippen molar-refractivity contribution in [2.75, 3.05) is 13.6 Å². The molecule has 1 heteroatoms. The van der Waals surface area contributed by atoms with Crippen molar-refractivity contribution in [1.29, 1.82) is 0 Å². The van der Waals surface area contributed by atoms with Crippen molar-refractivity contribution in [2.24, 2.45) is 11.8 Å². The van der Waals surface area contributed by atoms with Crippen molar-refractivity contribution < 1.29 is 0 Å². The second kappa shape index (κ2) is 5.58. The molecule has 1 N–H and O–H groups in total. The smallest absolute Gasteiger partial charge is 0.00493 e. The van der Waals surface area contributed by atoms with E-state index in [0.717, 1.165) is 11.8 Å². The van der Waals surface area contributed by atoms with Gasteiger partial charge in [0.05, 0.1) is 0 Å². The molecule has 72 valence electrons. The summed E-state index contributed by atoms with van der Waals surface area (Å²) >= 11 is 0. The van der Waals surface area contributed by atoms with Crippen molar-refractivity contribution in [3.8, 4) is 0 Å². The summed E-state index contributed by atoms with van der Waals surface area (Å²) in [5.74, 6) is 1.98. The van der Waals surface area contributed by atoms with E-state index in [-0.39, 0.29) is 0 Å². The summed E-state index contributed by atoms with van der Waals surface area (Å²) in [4.78, 5) is 0. The Morgan fingerprint density at radius 3 is 2.50 bits per heavy atom. The zero-order chi connectivity index (χ0) is 8.81. The van der Waals surface area contributed by atoms with Gasteiger partial charge < -0.3 is 5.32 Å². The van der Waals surface area contributed by atoms with E-state index in [1.807, 2.05) is 7.05 Å². The summed E-state index contributed by atoms with van der Waals surface area (Å²) in [6.45, 7) is 3.62. The Morgan fingerprint density at radius 1 is 1.25 bits per heavy atom. The van der Waals surface area contributed by atoms with E-state index in [4.69, 9.17) is 0 Å². The van der Waals surface area contributed by atoms with Crippen LogP contribution in [0.4, 0.5) is 0 Å². The van der Waals surface area contributed by atoms with Crippen molar-refractivity contribution in [1.82, 2.24) is 5.32 Å². The first-order valence-electron chi connectivity index (χ1n) is 5.49. The zero-order valence-electron chi connectivity index (χ0n) is 8.60. The quantitative estimate of drug-likeness (QED) is 0.682. The van der Waals surface area contributed by atoms with Crippen LogP contribution in [0.1, 0.15) is 45.4 Å². The number of hydrogen-bond donors (Lipinski definition) is 1. The van der Waals surface area contributed by atoms with Crippen molar-refractivity contribution in [3.05, 3.63) is 0 Å². The van der Waals surface area contributed by atoms with Gasteiger partial charge in [-0.2, -0.15) is 0 Å². The molecule has 1 nitrogen and oxygen atoms in total. The van der Waals surface area contributed by atoms with Crippen molar-refractivity contribution >= 4 is 0 Å². The van der Waals surface area contributed by atoms with Crippen molar-refractivity contribution in [3.63, 3.8) is 0 Å². The molecule has 0 aromatic rings. The Hall–Kier alpha value is -0.0400. The largest absolute Gasteiger partial charge is 0.320 e. The van der Waals surface area contributed by atoms with Crippen LogP contribution in [0.3, 0.4) is 0 Å².